The number of carboxylic acids is 1. The normalized spacial score (nSPS) is 13.3. The van der Waals surface area contributed by atoms with Crippen molar-refractivity contribution in [3.63, 3.8) is 0 Å². The largest absolute Gasteiger partial charge is 0.508 e. The number of para-hydroxylation sites is 1. The van der Waals surface area contributed by atoms with E-state index in [2.05, 4.69) is 10.6 Å². The highest BCUT2D eigenvalue weighted by molar-refractivity contribution is 5.96. The van der Waals surface area contributed by atoms with E-state index in [1.807, 2.05) is 13.8 Å². The summed E-state index contributed by atoms with van der Waals surface area (Å²) in [6.07, 6.45) is -0.774. The van der Waals surface area contributed by atoms with E-state index >= 15 is 0 Å². The second kappa shape index (κ2) is 11.9. The van der Waals surface area contributed by atoms with Gasteiger partial charge in [0.15, 0.2) is 6.61 Å². The van der Waals surface area contributed by atoms with Crippen LogP contribution in [0.2, 0.25) is 0 Å². The van der Waals surface area contributed by atoms with Crippen LogP contribution in [0, 0.1) is 11.6 Å². The SMILES string of the molecule is CC(C)(Cc1ccc(F)cc1F)NC[C@H](O)c1cc(O)cc2c1OCC(=O)N2.O=C(O)c1ccccc1O. The van der Waals surface area contributed by atoms with Gasteiger partial charge >= 0.3 is 5.97 Å². The fourth-order valence-electron chi connectivity index (χ4n) is 3.80. The van der Waals surface area contributed by atoms with Crippen molar-refractivity contribution in [2.45, 2.75) is 31.9 Å². The number of carbonyl (C=O) groups excluding carboxylic acids is 1. The Labute approximate surface area is 217 Å². The maximum absolute atomic E-state index is 13.9. The Hall–Kier alpha value is -4.22. The third-order valence-electron chi connectivity index (χ3n) is 5.64. The predicted molar refractivity (Wildman–Crippen MR) is 134 cm³/mol. The zero-order valence-electron chi connectivity index (χ0n) is 20.7. The Morgan fingerprint density at radius 2 is 1.84 bits per heavy atom. The molecule has 11 heteroatoms. The number of benzene rings is 3. The van der Waals surface area contributed by atoms with Crippen LogP contribution in [0.4, 0.5) is 14.5 Å². The summed E-state index contributed by atoms with van der Waals surface area (Å²) in [6.45, 7) is 3.57. The minimum absolute atomic E-state index is 0.0671. The molecule has 0 saturated heterocycles. The van der Waals surface area contributed by atoms with Crippen LogP contribution in [0.1, 0.15) is 41.4 Å². The molecule has 0 radical (unpaired) electrons. The van der Waals surface area contributed by atoms with E-state index in [4.69, 9.17) is 14.9 Å². The molecule has 0 unspecified atom stereocenters. The molecule has 1 amide bonds. The van der Waals surface area contributed by atoms with Gasteiger partial charge in [-0.05, 0) is 50.1 Å². The van der Waals surface area contributed by atoms with Crippen LogP contribution in [-0.4, -0.2) is 51.0 Å². The van der Waals surface area contributed by atoms with Crippen LogP contribution in [0.25, 0.3) is 0 Å². The molecule has 9 nitrogen and oxygen atoms in total. The molecule has 3 aromatic rings. The molecule has 1 atom stereocenters. The molecular formula is C27H28F2N2O7. The van der Waals surface area contributed by atoms with Crippen molar-refractivity contribution in [3.05, 3.63) is 82.9 Å². The summed E-state index contributed by atoms with van der Waals surface area (Å²) in [4.78, 5) is 21.7. The molecule has 0 aliphatic carbocycles. The molecule has 38 heavy (non-hydrogen) atoms. The van der Waals surface area contributed by atoms with Crippen molar-refractivity contribution < 1.29 is 43.5 Å². The number of nitrogens with one attached hydrogen (secondary N) is 2. The number of rotatable bonds is 7. The maximum Gasteiger partial charge on any atom is 0.339 e. The zero-order chi connectivity index (χ0) is 28.0. The molecule has 0 aromatic heterocycles. The van der Waals surface area contributed by atoms with Crippen LogP contribution in [-0.2, 0) is 11.2 Å². The first-order chi connectivity index (χ1) is 17.9. The lowest BCUT2D eigenvalue weighted by molar-refractivity contribution is -0.118. The summed E-state index contributed by atoms with van der Waals surface area (Å²) >= 11 is 0. The number of aliphatic hydroxyl groups excluding tert-OH is 1. The van der Waals surface area contributed by atoms with Gasteiger partial charge in [0.2, 0.25) is 0 Å². The van der Waals surface area contributed by atoms with Crippen molar-refractivity contribution in [2.24, 2.45) is 0 Å². The van der Waals surface area contributed by atoms with Gasteiger partial charge in [0, 0.05) is 29.8 Å². The first-order valence-corrected chi connectivity index (χ1v) is 11.5. The molecular weight excluding hydrogens is 502 g/mol. The number of fused-ring (bicyclic) bond motifs is 1. The molecule has 0 saturated carbocycles. The minimum Gasteiger partial charge on any atom is -0.508 e. The summed E-state index contributed by atoms with van der Waals surface area (Å²) in [6, 6.07) is 12.0. The Kier molecular flexibility index (Phi) is 8.87. The number of hydrogen-bond donors (Lipinski definition) is 6. The van der Waals surface area contributed by atoms with E-state index in [9.17, 15) is 28.6 Å². The van der Waals surface area contributed by atoms with E-state index in [-0.39, 0.29) is 48.2 Å². The predicted octanol–water partition coefficient (Wildman–Crippen LogP) is 3.74. The van der Waals surface area contributed by atoms with Gasteiger partial charge in [-0.15, -0.1) is 0 Å². The van der Waals surface area contributed by atoms with Gasteiger partial charge in [0.25, 0.3) is 5.91 Å². The van der Waals surface area contributed by atoms with Crippen LogP contribution in [0.15, 0.2) is 54.6 Å². The maximum atomic E-state index is 13.9. The summed E-state index contributed by atoms with van der Waals surface area (Å²) in [5.74, 6) is -2.74. The topological polar surface area (TPSA) is 148 Å². The number of aromatic hydroxyl groups is 2. The van der Waals surface area contributed by atoms with E-state index in [1.54, 1.807) is 12.1 Å². The number of carbonyl (C=O) groups is 2. The van der Waals surface area contributed by atoms with E-state index in [0.29, 0.717) is 16.9 Å². The number of β-amino-alcohol motifs (C(OH)–C–C–N with tert-alkyl or cyclic N) is 1. The summed E-state index contributed by atoms with van der Waals surface area (Å²) in [5.41, 5.74) is 0.298. The van der Waals surface area contributed by atoms with Gasteiger partial charge in [-0.3, -0.25) is 4.79 Å². The number of ether oxygens (including phenoxy) is 1. The molecule has 202 valence electrons. The van der Waals surface area contributed by atoms with Gasteiger partial charge in [0.05, 0.1) is 11.8 Å². The molecule has 0 fully saturated rings. The second-order valence-corrected chi connectivity index (χ2v) is 9.26. The quantitative estimate of drug-likeness (QED) is 0.271. The third-order valence-corrected chi connectivity index (χ3v) is 5.64. The Morgan fingerprint density at radius 3 is 2.47 bits per heavy atom. The van der Waals surface area contributed by atoms with Crippen molar-refractivity contribution >= 4 is 17.6 Å². The third kappa shape index (κ3) is 7.40. The van der Waals surface area contributed by atoms with Gasteiger partial charge in [0.1, 0.15) is 34.4 Å². The smallest absolute Gasteiger partial charge is 0.339 e. The highest BCUT2D eigenvalue weighted by Gasteiger charge is 2.26. The molecule has 1 aliphatic rings. The number of aromatic carboxylic acids is 1. The number of halogens is 2. The Morgan fingerprint density at radius 1 is 1.13 bits per heavy atom. The summed E-state index contributed by atoms with van der Waals surface area (Å²) < 4.78 is 32.4. The number of phenolic OH excluding ortho intramolecular Hbond substituents is 1. The van der Waals surface area contributed by atoms with Crippen molar-refractivity contribution in [3.8, 4) is 17.2 Å². The van der Waals surface area contributed by atoms with Crippen molar-refractivity contribution in [2.75, 3.05) is 18.5 Å². The first-order valence-electron chi connectivity index (χ1n) is 11.5. The zero-order valence-corrected chi connectivity index (χ0v) is 20.7. The first kappa shape index (κ1) is 28.4. The minimum atomic E-state index is -1.11. The number of amides is 1. The lowest BCUT2D eigenvalue weighted by Crippen LogP contribution is -2.43. The van der Waals surface area contributed by atoms with Gasteiger partial charge in [-0.1, -0.05) is 18.2 Å². The Bertz CT molecular complexity index is 1330. The lowest BCUT2D eigenvalue weighted by Gasteiger charge is -2.29. The van der Waals surface area contributed by atoms with Crippen LogP contribution >= 0.6 is 0 Å². The van der Waals surface area contributed by atoms with Gasteiger partial charge < -0.3 is 35.8 Å². The van der Waals surface area contributed by atoms with Crippen molar-refractivity contribution in [1.82, 2.24) is 5.32 Å². The molecule has 0 spiro atoms. The van der Waals surface area contributed by atoms with E-state index in [1.165, 1.54) is 36.4 Å². The van der Waals surface area contributed by atoms with Crippen LogP contribution < -0.4 is 15.4 Å². The number of aliphatic hydroxyl groups is 1. The number of carboxylic acid groups (broad SMARTS) is 1. The average molecular weight is 531 g/mol. The van der Waals surface area contributed by atoms with Gasteiger partial charge in [-0.2, -0.15) is 0 Å². The Balaban J connectivity index is 0.000000336. The summed E-state index contributed by atoms with van der Waals surface area (Å²) in [5, 5.41) is 43.5. The monoisotopic (exact) mass is 530 g/mol. The van der Waals surface area contributed by atoms with Crippen LogP contribution in [0.3, 0.4) is 0 Å². The molecule has 0 bridgehead atoms. The highest BCUT2D eigenvalue weighted by atomic mass is 19.1. The molecule has 4 rings (SSSR count). The molecule has 3 aromatic carbocycles. The number of anilines is 1. The fourth-order valence-corrected chi connectivity index (χ4v) is 3.80. The standard InChI is InChI=1S/C20H22F2N2O4.C7H6O3/c1-20(2,8-11-3-4-12(21)5-15(11)22)23-9-17(26)14-6-13(25)7-16-19(14)28-10-18(27)24-16;8-6-4-2-1-3-5(6)7(9)10/h3-7,17,23,25-26H,8-10H2,1-2H3,(H,24,27);1-4,8H,(H,9,10)/t17-;/m0./s1. The number of hydrogen-bond acceptors (Lipinski definition) is 7. The summed E-state index contributed by atoms with van der Waals surface area (Å²) in [7, 11) is 0. The fraction of sp³-hybridized carbons (Fsp3) is 0.259. The highest BCUT2D eigenvalue weighted by Crippen LogP contribution is 2.38. The average Bonchev–Trinajstić information content (AvgIpc) is 2.84. The molecule has 6 N–H and O–H groups in total. The van der Waals surface area contributed by atoms with E-state index in [0.717, 1.165) is 6.07 Å². The molecule has 1 aliphatic heterocycles. The van der Waals surface area contributed by atoms with Gasteiger partial charge in [-0.25, -0.2) is 13.6 Å². The lowest BCUT2D eigenvalue weighted by atomic mass is 9.94. The number of phenols is 2. The van der Waals surface area contributed by atoms with E-state index < -0.39 is 29.2 Å². The second-order valence-electron chi connectivity index (χ2n) is 9.26. The van der Waals surface area contributed by atoms with Crippen LogP contribution in [0.5, 0.6) is 17.2 Å². The van der Waals surface area contributed by atoms with Crippen molar-refractivity contribution in [1.29, 1.82) is 0 Å². The molecule has 1 heterocycles.